The van der Waals surface area contributed by atoms with E-state index in [0.717, 1.165) is 5.56 Å². The average molecular weight is 289 g/mol. The first-order chi connectivity index (χ1) is 8.47. The van der Waals surface area contributed by atoms with Crippen LogP contribution in [0.5, 0.6) is 0 Å². The van der Waals surface area contributed by atoms with E-state index >= 15 is 0 Å². The highest BCUT2D eigenvalue weighted by Gasteiger charge is 2.03. The number of hydrogen-bond acceptors (Lipinski definition) is 2. The molecule has 0 atom stereocenters. The van der Waals surface area contributed by atoms with Crippen molar-refractivity contribution in [3.05, 3.63) is 33.8 Å². The molecule has 0 aliphatic carbocycles. The van der Waals surface area contributed by atoms with Crippen LogP contribution in [0.2, 0.25) is 10.0 Å². The van der Waals surface area contributed by atoms with Gasteiger partial charge in [0, 0.05) is 35.6 Å². The zero-order chi connectivity index (χ0) is 13.5. The lowest BCUT2D eigenvalue weighted by molar-refractivity contribution is -0.121. The predicted molar refractivity (Wildman–Crippen MR) is 76.1 cm³/mol. The second kappa shape index (κ2) is 7.62. The Hall–Kier alpha value is -0.770. The monoisotopic (exact) mass is 288 g/mol. The summed E-state index contributed by atoms with van der Waals surface area (Å²) in [6.45, 7) is 5.16. The minimum absolute atomic E-state index is 0.0571. The summed E-state index contributed by atoms with van der Waals surface area (Å²) in [6, 6.07) is 5.59. The van der Waals surface area contributed by atoms with Gasteiger partial charge in [-0.05, 0) is 37.6 Å². The molecule has 1 amide bonds. The Kier molecular flexibility index (Phi) is 6.47. The van der Waals surface area contributed by atoms with Gasteiger partial charge in [-0.2, -0.15) is 0 Å². The lowest BCUT2D eigenvalue weighted by Crippen LogP contribution is -2.32. The maximum absolute atomic E-state index is 11.4. The highest BCUT2D eigenvalue weighted by molar-refractivity contribution is 6.34. The summed E-state index contributed by atoms with van der Waals surface area (Å²) >= 11 is 11.8. The van der Waals surface area contributed by atoms with Gasteiger partial charge in [0.2, 0.25) is 5.91 Å². The van der Waals surface area contributed by atoms with Crippen LogP contribution in [0, 0.1) is 0 Å². The van der Waals surface area contributed by atoms with Crippen LogP contribution in [0.3, 0.4) is 0 Å². The molecular formula is C13H18Cl2N2O. The van der Waals surface area contributed by atoms with Crippen LogP contribution in [-0.4, -0.2) is 18.5 Å². The van der Waals surface area contributed by atoms with Crippen molar-refractivity contribution in [2.24, 2.45) is 0 Å². The molecule has 0 unspecified atom stereocenters. The number of hydrogen-bond donors (Lipinski definition) is 2. The number of benzene rings is 1. The molecule has 2 N–H and O–H groups in total. The fourth-order valence-electron chi connectivity index (χ4n) is 1.54. The van der Waals surface area contributed by atoms with E-state index in [2.05, 4.69) is 10.6 Å². The fraction of sp³-hybridized carbons (Fsp3) is 0.462. The molecule has 0 radical (unpaired) electrons. The third-order valence-corrected chi connectivity index (χ3v) is 2.67. The molecule has 0 bridgehead atoms. The molecular weight excluding hydrogens is 271 g/mol. The molecule has 5 heteroatoms. The second-order valence-electron chi connectivity index (χ2n) is 4.43. The predicted octanol–water partition coefficient (Wildman–Crippen LogP) is 3.00. The third kappa shape index (κ3) is 6.24. The number of carbonyl (C=O) groups is 1. The Balaban J connectivity index is 2.27. The summed E-state index contributed by atoms with van der Waals surface area (Å²) in [6.07, 6.45) is 0.465. The molecule has 0 aliphatic rings. The Morgan fingerprint density at radius 1 is 1.22 bits per heavy atom. The van der Waals surface area contributed by atoms with Crippen molar-refractivity contribution in [2.75, 3.05) is 6.54 Å². The summed E-state index contributed by atoms with van der Waals surface area (Å²) in [5.74, 6) is 0.0571. The zero-order valence-electron chi connectivity index (χ0n) is 10.6. The van der Waals surface area contributed by atoms with Crippen molar-refractivity contribution in [1.29, 1.82) is 0 Å². The molecule has 0 spiro atoms. The van der Waals surface area contributed by atoms with Gasteiger partial charge in [-0.25, -0.2) is 0 Å². The third-order valence-electron chi connectivity index (χ3n) is 2.23. The average Bonchev–Trinajstić information content (AvgIpc) is 2.22. The molecule has 0 saturated carbocycles. The van der Waals surface area contributed by atoms with Crippen LogP contribution >= 0.6 is 23.2 Å². The van der Waals surface area contributed by atoms with Crippen LogP contribution < -0.4 is 10.6 Å². The molecule has 18 heavy (non-hydrogen) atoms. The fourth-order valence-corrected chi connectivity index (χ4v) is 2.11. The van der Waals surface area contributed by atoms with Gasteiger partial charge in [-0.3, -0.25) is 4.79 Å². The number of halogens is 2. The van der Waals surface area contributed by atoms with E-state index < -0.39 is 0 Å². The first kappa shape index (κ1) is 15.3. The molecule has 0 fully saturated rings. The van der Waals surface area contributed by atoms with Crippen molar-refractivity contribution >= 4 is 29.1 Å². The van der Waals surface area contributed by atoms with Gasteiger partial charge < -0.3 is 10.6 Å². The summed E-state index contributed by atoms with van der Waals surface area (Å²) in [5.41, 5.74) is 1.01. The van der Waals surface area contributed by atoms with E-state index in [4.69, 9.17) is 23.2 Å². The van der Waals surface area contributed by atoms with Crippen LogP contribution in [0.1, 0.15) is 25.8 Å². The van der Waals surface area contributed by atoms with Crippen LogP contribution in [0.25, 0.3) is 0 Å². The molecule has 100 valence electrons. The van der Waals surface area contributed by atoms with Gasteiger partial charge in [0.05, 0.1) is 0 Å². The molecule has 0 saturated heterocycles. The molecule has 1 aromatic carbocycles. The smallest absolute Gasteiger partial charge is 0.221 e. The number of nitrogens with one attached hydrogen (secondary N) is 2. The lowest BCUT2D eigenvalue weighted by Gasteiger charge is -2.09. The second-order valence-corrected chi connectivity index (χ2v) is 5.30. The standard InChI is InChI=1S/C13H18Cl2N2O/c1-9(2)17-13(18)3-4-16-8-10-5-11(14)7-12(15)6-10/h5-7,9,16H,3-4,8H2,1-2H3,(H,17,18). The summed E-state index contributed by atoms with van der Waals surface area (Å²) in [7, 11) is 0. The van der Waals surface area contributed by atoms with Crippen LogP contribution in [0.15, 0.2) is 18.2 Å². The van der Waals surface area contributed by atoms with E-state index in [9.17, 15) is 4.79 Å². The van der Waals surface area contributed by atoms with E-state index in [0.29, 0.717) is 29.6 Å². The molecule has 0 heterocycles. The van der Waals surface area contributed by atoms with Gasteiger partial charge >= 0.3 is 0 Å². The summed E-state index contributed by atoms with van der Waals surface area (Å²) in [4.78, 5) is 11.4. The van der Waals surface area contributed by atoms with Crippen molar-refractivity contribution < 1.29 is 4.79 Å². The first-order valence-electron chi connectivity index (χ1n) is 5.92. The molecule has 1 aromatic rings. The van der Waals surface area contributed by atoms with E-state index in [1.807, 2.05) is 26.0 Å². The van der Waals surface area contributed by atoms with Gasteiger partial charge in [0.25, 0.3) is 0 Å². The van der Waals surface area contributed by atoms with Gasteiger partial charge in [-0.15, -0.1) is 0 Å². The van der Waals surface area contributed by atoms with Crippen molar-refractivity contribution in [1.82, 2.24) is 10.6 Å². The molecule has 3 nitrogen and oxygen atoms in total. The van der Waals surface area contributed by atoms with Gasteiger partial charge in [0.1, 0.15) is 0 Å². The van der Waals surface area contributed by atoms with Gasteiger partial charge in [-0.1, -0.05) is 23.2 Å². The maximum Gasteiger partial charge on any atom is 0.221 e. The normalized spacial score (nSPS) is 10.7. The summed E-state index contributed by atoms with van der Waals surface area (Å²) < 4.78 is 0. The SMILES string of the molecule is CC(C)NC(=O)CCNCc1cc(Cl)cc(Cl)c1. The molecule has 1 rings (SSSR count). The van der Waals surface area contributed by atoms with Crippen LogP contribution in [-0.2, 0) is 11.3 Å². The topological polar surface area (TPSA) is 41.1 Å². The van der Waals surface area contributed by atoms with Crippen LogP contribution in [0.4, 0.5) is 0 Å². The maximum atomic E-state index is 11.4. The Bertz CT molecular complexity index is 388. The van der Waals surface area contributed by atoms with E-state index in [-0.39, 0.29) is 11.9 Å². The van der Waals surface area contributed by atoms with E-state index in [1.54, 1.807) is 6.07 Å². The van der Waals surface area contributed by atoms with Crippen molar-refractivity contribution in [2.45, 2.75) is 32.9 Å². The quantitative estimate of drug-likeness (QED) is 0.790. The summed E-state index contributed by atoms with van der Waals surface area (Å²) in [5, 5.41) is 7.26. The Labute approximate surface area is 118 Å². The van der Waals surface area contributed by atoms with Crippen molar-refractivity contribution in [3.63, 3.8) is 0 Å². The number of rotatable bonds is 6. The largest absolute Gasteiger partial charge is 0.354 e. The van der Waals surface area contributed by atoms with Gasteiger partial charge in [0.15, 0.2) is 0 Å². The lowest BCUT2D eigenvalue weighted by atomic mass is 10.2. The van der Waals surface area contributed by atoms with Crippen molar-refractivity contribution in [3.8, 4) is 0 Å². The molecule has 0 aliphatic heterocycles. The minimum atomic E-state index is 0.0571. The number of carbonyl (C=O) groups excluding carboxylic acids is 1. The zero-order valence-corrected chi connectivity index (χ0v) is 12.1. The Morgan fingerprint density at radius 3 is 2.39 bits per heavy atom. The van der Waals surface area contributed by atoms with E-state index in [1.165, 1.54) is 0 Å². The highest BCUT2D eigenvalue weighted by Crippen LogP contribution is 2.18. The Morgan fingerprint density at radius 2 is 1.83 bits per heavy atom. The number of amides is 1. The highest BCUT2D eigenvalue weighted by atomic mass is 35.5. The molecule has 0 aromatic heterocycles. The minimum Gasteiger partial charge on any atom is -0.354 e. The first-order valence-corrected chi connectivity index (χ1v) is 6.68.